The Balaban J connectivity index is 2.05. The van der Waals surface area contributed by atoms with Gasteiger partial charge in [0.2, 0.25) is 5.88 Å². The fraction of sp³-hybridized carbons (Fsp3) is 0.227. The van der Waals surface area contributed by atoms with E-state index in [0.717, 1.165) is 10.0 Å². The van der Waals surface area contributed by atoms with E-state index in [-0.39, 0.29) is 23.3 Å². The fourth-order valence-electron chi connectivity index (χ4n) is 3.21. The fourth-order valence-corrected chi connectivity index (χ4v) is 3.64. The summed E-state index contributed by atoms with van der Waals surface area (Å²) in [5.74, 6) is 0.128. The summed E-state index contributed by atoms with van der Waals surface area (Å²) in [6.45, 7) is 3.39. The van der Waals surface area contributed by atoms with E-state index >= 15 is 0 Å². The number of aromatic nitrogens is 2. The van der Waals surface area contributed by atoms with E-state index in [1.165, 1.54) is 24.8 Å². The van der Waals surface area contributed by atoms with Crippen LogP contribution in [0, 0.1) is 0 Å². The summed E-state index contributed by atoms with van der Waals surface area (Å²) in [5, 5.41) is 4.89. The Morgan fingerprint density at radius 2 is 1.86 bits per heavy atom. The van der Waals surface area contributed by atoms with Crippen LogP contribution in [-0.2, 0) is 6.42 Å². The van der Waals surface area contributed by atoms with Gasteiger partial charge in [0.25, 0.3) is 5.56 Å². The maximum absolute atomic E-state index is 12.9. The van der Waals surface area contributed by atoms with Gasteiger partial charge in [-0.15, -0.1) is 5.10 Å². The number of rotatable bonds is 6. The number of Topliss-reactive ketones (excluding diaryl/α,β-unsaturated/α-hetero) is 1. The molecule has 150 valence electrons. The molecular formula is C22H20BrClN2O3. The van der Waals surface area contributed by atoms with Crippen LogP contribution in [0.2, 0.25) is 5.02 Å². The van der Waals surface area contributed by atoms with Crippen LogP contribution in [0.1, 0.15) is 35.8 Å². The number of hydrogen-bond donors (Lipinski definition) is 0. The molecule has 7 heteroatoms. The predicted molar refractivity (Wildman–Crippen MR) is 118 cm³/mol. The Hall–Kier alpha value is -2.44. The van der Waals surface area contributed by atoms with Crippen molar-refractivity contribution in [1.29, 1.82) is 0 Å². The first-order chi connectivity index (χ1) is 13.8. The van der Waals surface area contributed by atoms with Crippen molar-refractivity contribution < 1.29 is 9.53 Å². The van der Waals surface area contributed by atoms with Crippen LogP contribution in [0.15, 0.2) is 57.8 Å². The third kappa shape index (κ3) is 4.77. The molecule has 1 unspecified atom stereocenters. The van der Waals surface area contributed by atoms with E-state index in [2.05, 4.69) is 21.0 Å². The second-order valence-electron chi connectivity index (χ2n) is 6.78. The molecular weight excluding hydrogens is 456 g/mol. The van der Waals surface area contributed by atoms with Crippen molar-refractivity contribution in [3.8, 4) is 17.0 Å². The second-order valence-corrected chi connectivity index (χ2v) is 8.13. The molecule has 3 aromatic rings. The van der Waals surface area contributed by atoms with Crippen LogP contribution in [0.4, 0.5) is 0 Å². The summed E-state index contributed by atoms with van der Waals surface area (Å²) < 4.78 is 7.86. The van der Waals surface area contributed by atoms with Crippen molar-refractivity contribution in [3.63, 3.8) is 0 Å². The van der Waals surface area contributed by atoms with E-state index in [0.29, 0.717) is 28.1 Å². The molecule has 0 N–H and O–H groups in total. The summed E-state index contributed by atoms with van der Waals surface area (Å²) in [6.07, 6.45) is 0.637. The van der Waals surface area contributed by atoms with Crippen LogP contribution in [-0.4, -0.2) is 22.7 Å². The third-order valence-corrected chi connectivity index (χ3v) is 5.39. The molecule has 0 saturated heterocycles. The lowest BCUT2D eigenvalue weighted by Crippen LogP contribution is -2.27. The minimum Gasteiger partial charge on any atom is -0.480 e. The molecule has 0 bridgehead atoms. The minimum atomic E-state index is -0.278. The largest absolute Gasteiger partial charge is 0.480 e. The molecule has 2 aromatic carbocycles. The lowest BCUT2D eigenvalue weighted by atomic mass is 9.98. The van der Waals surface area contributed by atoms with Crippen LogP contribution in [0.25, 0.3) is 11.1 Å². The normalized spacial score (nSPS) is 11.9. The molecule has 0 aliphatic heterocycles. The molecule has 0 amide bonds. The summed E-state index contributed by atoms with van der Waals surface area (Å²) >= 11 is 9.55. The highest BCUT2D eigenvalue weighted by atomic mass is 79.9. The Labute approximate surface area is 182 Å². The molecule has 0 spiro atoms. The van der Waals surface area contributed by atoms with Crippen LogP contribution < -0.4 is 10.3 Å². The Morgan fingerprint density at radius 1 is 1.17 bits per heavy atom. The molecule has 1 atom stereocenters. The summed E-state index contributed by atoms with van der Waals surface area (Å²) in [6, 6.07) is 14.1. The average Bonchev–Trinajstić information content (AvgIpc) is 2.69. The topological polar surface area (TPSA) is 61.2 Å². The number of ketones is 1. The molecule has 0 fully saturated rings. The zero-order chi connectivity index (χ0) is 21.1. The summed E-state index contributed by atoms with van der Waals surface area (Å²) in [5.41, 5.74) is 2.23. The number of benzene rings is 2. The highest BCUT2D eigenvalue weighted by molar-refractivity contribution is 9.10. The van der Waals surface area contributed by atoms with Gasteiger partial charge in [-0.1, -0.05) is 39.7 Å². The van der Waals surface area contributed by atoms with E-state index in [4.69, 9.17) is 16.3 Å². The molecule has 29 heavy (non-hydrogen) atoms. The maximum Gasteiger partial charge on any atom is 0.267 e. The van der Waals surface area contributed by atoms with Gasteiger partial charge in [0.05, 0.1) is 18.7 Å². The molecule has 1 aromatic heterocycles. The van der Waals surface area contributed by atoms with E-state index in [1.54, 1.807) is 18.2 Å². The van der Waals surface area contributed by atoms with Crippen molar-refractivity contribution in [3.05, 3.63) is 79.5 Å². The van der Waals surface area contributed by atoms with Gasteiger partial charge < -0.3 is 4.74 Å². The molecule has 3 rings (SSSR count). The minimum absolute atomic E-state index is 0.133. The van der Waals surface area contributed by atoms with Crippen LogP contribution in [0.5, 0.6) is 5.88 Å². The highest BCUT2D eigenvalue weighted by Gasteiger charge is 2.19. The zero-order valence-electron chi connectivity index (χ0n) is 16.3. The zero-order valence-corrected chi connectivity index (χ0v) is 18.6. The van der Waals surface area contributed by atoms with Gasteiger partial charge in [-0.2, -0.15) is 0 Å². The van der Waals surface area contributed by atoms with Gasteiger partial charge in [0.15, 0.2) is 5.78 Å². The number of carbonyl (C=O) groups is 1. The van der Waals surface area contributed by atoms with E-state index in [9.17, 15) is 9.59 Å². The lowest BCUT2D eigenvalue weighted by Gasteiger charge is -2.17. The molecule has 1 heterocycles. The maximum atomic E-state index is 12.9. The molecule has 0 aliphatic rings. The Kier molecular flexibility index (Phi) is 6.55. The van der Waals surface area contributed by atoms with Gasteiger partial charge in [-0.25, -0.2) is 4.68 Å². The highest BCUT2D eigenvalue weighted by Crippen LogP contribution is 2.32. The van der Waals surface area contributed by atoms with Crippen LogP contribution in [0.3, 0.4) is 0 Å². The van der Waals surface area contributed by atoms with E-state index in [1.807, 2.05) is 31.2 Å². The average molecular weight is 476 g/mol. The SMILES string of the molecule is COc1nn(C(C)Cc2ccc(Br)cc2)c(=O)cc1-c1cc(Cl)ccc1C(C)=O. The number of nitrogens with zero attached hydrogens (tertiary/aromatic N) is 2. The van der Waals surface area contributed by atoms with Gasteiger partial charge in [-0.05, 0) is 61.7 Å². The Morgan fingerprint density at radius 3 is 2.48 bits per heavy atom. The van der Waals surface area contributed by atoms with Crippen molar-refractivity contribution in [1.82, 2.24) is 9.78 Å². The Bertz CT molecular complexity index is 1110. The molecule has 0 radical (unpaired) electrons. The van der Waals surface area contributed by atoms with Gasteiger partial charge in [-0.3, -0.25) is 9.59 Å². The van der Waals surface area contributed by atoms with Gasteiger partial charge in [0.1, 0.15) is 0 Å². The first-order valence-corrected chi connectivity index (χ1v) is 10.2. The van der Waals surface area contributed by atoms with Crippen molar-refractivity contribution in [2.45, 2.75) is 26.3 Å². The predicted octanol–water partition coefficient (Wildman–Crippen LogP) is 5.34. The number of methoxy groups -OCH3 is 1. The first kappa shape index (κ1) is 21.3. The second kappa shape index (κ2) is 8.93. The van der Waals surface area contributed by atoms with Crippen LogP contribution >= 0.6 is 27.5 Å². The van der Waals surface area contributed by atoms with Gasteiger partial charge in [0, 0.05) is 21.1 Å². The number of carbonyl (C=O) groups excluding carboxylic acids is 1. The van der Waals surface area contributed by atoms with Gasteiger partial charge >= 0.3 is 0 Å². The molecule has 0 aliphatic carbocycles. The quantitative estimate of drug-likeness (QED) is 0.451. The molecule has 0 saturated carbocycles. The number of ether oxygens (including phenoxy) is 1. The standard InChI is InChI=1S/C22H20BrClN2O3/c1-13(10-15-4-6-16(23)7-5-15)26-21(28)12-20(22(25-26)29-3)19-11-17(24)8-9-18(19)14(2)27/h4-9,11-13H,10H2,1-3H3. The first-order valence-electron chi connectivity index (χ1n) is 9.03. The summed E-state index contributed by atoms with van der Waals surface area (Å²) in [4.78, 5) is 24.9. The molecule has 5 nitrogen and oxygen atoms in total. The number of halogens is 2. The van der Waals surface area contributed by atoms with Crippen molar-refractivity contribution in [2.24, 2.45) is 0 Å². The van der Waals surface area contributed by atoms with Crippen molar-refractivity contribution in [2.75, 3.05) is 7.11 Å². The third-order valence-electron chi connectivity index (χ3n) is 4.63. The lowest BCUT2D eigenvalue weighted by molar-refractivity contribution is 0.101. The van der Waals surface area contributed by atoms with Crippen molar-refractivity contribution >= 4 is 33.3 Å². The smallest absolute Gasteiger partial charge is 0.267 e. The van der Waals surface area contributed by atoms with E-state index < -0.39 is 0 Å². The summed E-state index contributed by atoms with van der Waals surface area (Å²) in [7, 11) is 1.48. The monoisotopic (exact) mass is 474 g/mol. The number of hydrogen-bond acceptors (Lipinski definition) is 4.